The van der Waals surface area contributed by atoms with Crippen molar-refractivity contribution in [2.75, 3.05) is 19.6 Å². The smallest absolute Gasteiger partial charge is 0.0540 e. The summed E-state index contributed by atoms with van der Waals surface area (Å²) in [6.07, 6.45) is 7.07. The standard InChI is InChI=1S/C78H54N4/c1-4-25-61(26-5-1)80-73-34-16-10-22-58(73)52-70(67-31-13-19-37-76(67)80)55-40-46-64(47-41-55)79(65-48-42-56(43-49-65)71-53-59-23-11-17-35-74(59)81(62-27-6-2-7-28-62)77-38-20-14-32-68(71)77)66-50-44-57(45-51-66)72-54-60-24-12-18-36-75(60)82(63-29-8-3-9-30-63)78-39-21-15-33-69(72)78/h1-54H. The number of nitrogens with zero attached hydrogens (tertiary/aromatic N) is 4. The minimum Gasteiger partial charge on any atom is -0.311 e. The van der Waals surface area contributed by atoms with Gasteiger partial charge in [-0.1, -0.05) is 200 Å². The summed E-state index contributed by atoms with van der Waals surface area (Å²) in [7, 11) is 0. The van der Waals surface area contributed by atoms with E-state index in [2.05, 4.69) is 347 Å². The molecule has 4 heteroatoms. The molecule has 0 aromatic heterocycles. The van der Waals surface area contributed by atoms with Crippen molar-refractivity contribution in [3.8, 4) is 0 Å². The second-order valence-corrected chi connectivity index (χ2v) is 20.9. The van der Waals surface area contributed by atoms with Gasteiger partial charge in [-0.3, -0.25) is 0 Å². The highest BCUT2D eigenvalue weighted by atomic mass is 15.2. The van der Waals surface area contributed by atoms with Crippen LogP contribution in [0.1, 0.15) is 50.1 Å². The van der Waals surface area contributed by atoms with Crippen molar-refractivity contribution >= 4 is 103 Å². The third-order valence-electron chi connectivity index (χ3n) is 16.1. The van der Waals surface area contributed by atoms with Gasteiger partial charge in [0.15, 0.2) is 0 Å². The average molecular weight is 1050 g/mol. The largest absolute Gasteiger partial charge is 0.311 e. The molecule has 0 saturated carbocycles. The molecule has 12 aromatic rings. The normalized spacial score (nSPS) is 13.0. The SMILES string of the molecule is C1=C(c2ccc(N(c3ccc(C4=Cc5ccccc5N(c5ccccc5)c5ccccc54)cc3)c3ccc(C4=Cc5ccccc5N(c5ccccc5)c5ccccc54)cc3)cc2)c2ccccc2N(c2ccccc2)c2ccccc21. The maximum Gasteiger partial charge on any atom is 0.0540 e. The van der Waals surface area contributed by atoms with E-state index in [-0.39, 0.29) is 0 Å². The predicted octanol–water partition coefficient (Wildman–Crippen LogP) is 21.3. The monoisotopic (exact) mass is 1050 g/mol. The summed E-state index contributed by atoms with van der Waals surface area (Å²) in [5, 5.41) is 0. The number of benzene rings is 12. The highest BCUT2D eigenvalue weighted by molar-refractivity contribution is 6.06. The van der Waals surface area contributed by atoms with Crippen LogP contribution in [0.5, 0.6) is 0 Å². The zero-order valence-corrected chi connectivity index (χ0v) is 45.0. The molecule has 15 rings (SSSR count). The molecule has 3 heterocycles. The zero-order chi connectivity index (χ0) is 54.3. The Kier molecular flexibility index (Phi) is 12.2. The van der Waals surface area contributed by atoms with Crippen LogP contribution in [0.3, 0.4) is 0 Å². The highest BCUT2D eigenvalue weighted by Crippen LogP contribution is 2.50. The van der Waals surface area contributed by atoms with Crippen molar-refractivity contribution in [1.29, 1.82) is 0 Å². The van der Waals surface area contributed by atoms with Crippen LogP contribution in [0.15, 0.2) is 309 Å². The number of hydrogen-bond acceptors (Lipinski definition) is 4. The second-order valence-electron chi connectivity index (χ2n) is 20.9. The van der Waals surface area contributed by atoms with Gasteiger partial charge in [-0.05, 0) is 178 Å². The number of hydrogen-bond donors (Lipinski definition) is 0. The van der Waals surface area contributed by atoms with Gasteiger partial charge in [-0.25, -0.2) is 0 Å². The summed E-state index contributed by atoms with van der Waals surface area (Å²) >= 11 is 0. The van der Waals surface area contributed by atoms with Crippen molar-refractivity contribution in [2.24, 2.45) is 0 Å². The Morgan fingerprint density at radius 3 is 0.707 bits per heavy atom. The van der Waals surface area contributed by atoms with Gasteiger partial charge in [0.25, 0.3) is 0 Å². The maximum atomic E-state index is 2.39. The van der Waals surface area contributed by atoms with E-state index in [0.717, 1.165) is 102 Å². The van der Waals surface area contributed by atoms with Crippen LogP contribution in [0.4, 0.5) is 68.2 Å². The third kappa shape index (κ3) is 8.58. The molecule has 12 aromatic carbocycles. The van der Waals surface area contributed by atoms with Crippen molar-refractivity contribution in [1.82, 2.24) is 0 Å². The second kappa shape index (κ2) is 20.7. The van der Waals surface area contributed by atoms with E-state index < -0.39 is 0 Å². The first-order valence-corrected chi connectivity index (χ1v) is 28.1. The molecule has 0 saturated heterocycles. The summed E-state index contributed by atoms with van der Waals surface area (Å²) in [5.41, 5.74) is 27.3. The maximum absolute atomic E-state index is 2.39. The lowest BCUT2D eigenvalue weighted by atomic mass is 9.94. The van der Waals surface area contributed by atoms with E-state index >= 15 is 0 Å². The summed E-state index contributed by atoms with van der Waals surface area (Å²) < 4.78 is 0. The van der Waals surface area contributed by atoms with Crippen LogP contribution in [0, 0.1) is 0 Å². The Hall–Kier alpha value is -10.9. The first-order valence-electron chi connectivity index (χ1n) is 28.1. The third-order valence-corrected chi connectivity index (χ3v) is 16.1. The lowest BCUT2D eigenvalue weighted by Crippen LogP contribution is -2.12. The van der Waals surface area contributed by atoms with Crippen LogP contribution in [-0.4, -0.2) is 0 Å². The molecule has 0 radical (unpaired) electrons. The fraction of sp³-hybridized carbons (Fsp3) is 0. The van der Waals surface area contributed by atoms with Crippen LogP contribution in [0.25, 0.3) is 34.9 Å². The van der Waals surface area contributed by atoms with Crippen molar-refractivity contribution < 1.29 is 0 Å². The molecular weight excluding hydrogens is 993 g/mol. The van der Waals surface area contributed by atoms with Gasteiger partial charge in [0.2, 0.25) is 0 Å². The Labute approximate surface area is 479 Å². The van der Waals surface area contributed by atoms with E-state index in [1.165, 1.54) is 33.4 Å². The Morgan fingerprint density at radius 2 is 0.427 bits per heavy atom. The van der Waals surface area contributed by atoms with E-state index in [0.29, 0.717) is 0 Å². The zero-order valence-electron chi connectivity index (χ0n) is 45.0. The van der Waals surface area contributed by atoms with E-state index in [1.807, 2.05) is 0 Å². The molecule has 0 fully saturated rings. The number of rotatable bonds is 9. The van der Waals surface area contributed by atoms with Crippen LogP contribution in [-0.2, 0) is 0 Å². The molecule has 0 unspecified atom stereocenters. The molecule has 82 heavy (non-hydrogen) atoms. The van der Waals surface area contributed by atoms with Gasteiger partial charge < -0.3 is 19.6 Å². The van der Waals surface area contributed by atoms with Crippen molar-refractivity contribution in [3.05, 3.63) is 359 Å². The molecule has 3 aliphatic rings. The fourth-order valence-corrected chi connectivity index (χ4v) is 12.3. The van der Waals surface area contributed by atoms with Crippen molar-refractivity contribution in [3.63, 3.8) is 0 Å². The summed E-state index contributed by atoms with van der Waals surface area (Å²) in [6, 6.07) is 112. The molecule has 0 atom stereocenters. The molecule has 0 bridgehead atoms. The fourth-order valence-electron chi connectivity index (χ4n) is 12.3. The summed E-state index contributed by atoms with van der Waals surface area (Å²) in [5.74, 6) is 0. The topological polar surface area (TPSA) is 13.0 Å². The van der Waals surface area contributed by atoms with Gasteiger partial charge in [-0.2, -0.15) is 0 Å². The van der Waals surface area contributed by atoms with Gasteiger partial charge >= 0.3 is 0 Å². The first-order chi connectivity index (χ1) is 40.7. The first kappa shape index (κ1) is 48.2. The van der Waals surface area contributed by atoms with Crippen LogP contribution in [0.2, 0.25) is 0 Å². The molecule has 3 aliphatic heterocycles. The molecular formula is C78H54N4. The molecule has 0 aliphatic carbocycles. The summed E-state index contributed by atoms with van der Waals surface area (Å²) in [4.78, 5) is 9.56. The van der Waals surface area contributed by atoms with Crippen molar-refractivity contribution in [2.45, 2.75) is 0 Å². The van der Waals surface area contributed by atoms with E-state index in [9.17, 15) is 0 Å². The molecule has 386 valence electrons. The number of para-hydroxylation sites is 9. The minimum absolute atomic E-state index is 1.05. The Morgan fingerprint density at radius 1 is 0.195 bits per heavy atom. The number of anilines is 12. The lowest BCUT2D eigenvalue weighted by Gasteiger charge is -2.28. The molecule has 0 N–H and O–H groups in total. The lowest BCUT2D eigenvalue weighted by molar-refractivity contribution is 1.27. The number of fused-ring (bicyclic) bond motifs is 6. The van der Waals surface area contributed by atoms with Gasteiger partial charge in [0.1, 0.15) is 0 Å². The van der Waals surface area contributed by atoms with Crippen LogP contribution < -0.4 is 19.6 Å². The molecule has 0 spiro atoms. The van der Waals surface area contributed by atoms with E-state index in [1.54, 1.807) is 0 Å². The summed E-state index contributed by atoms with van der Waals surface area (Å²) in [6.45, 7) is 0. The van der Waals surface area contributed by atoms with Crippen LogP contribution >= 0.6 is 0 Å². The average Bonchev–Trinajstić information content (AvgIpc) is 4.00. The van der Waals surface area contributed by atoms with Gasteiger partial charge in [-0.15, -0.1) is 0 Å². The minimum atomic E-state index is 1.05. The van der Waals surface area contributed by atoms with Gasteiger partial charge in [0, 0.05) is 50.8 Å². The van der Waals surface area contributed by atoms with Gasteiger partial charge in [0.05, 0.1) is 34.1 Å². The molecule has 0 amide bonds. The Bertz CT molecular complexity index is 3970. The molecule has 4 nitrogen and oxygen atoms in total. The quantitative estimate of drug-likeness (QED) is 0.143. The highest BCUT2D eigenvalue weighted by Gasteiger charge is 2.28. The van der Waals surface area contributed by atoms with E-state index in [4.69, 9.17) is 0 Å². The Balaban J connectivity index is 0.849. The predicted molar refractivity (Wildman–Crippen MR) is 345 cm³/mol.